The van der Waals surface area contributed by atoms with Crippen LogP contribution in [0.1, 0.15) is 12.5 Å². The largest absolute Gasteiger partial charge is 2.00 e. The van der Waals surface area contributed by atoms with E-state index in [2.05, 4.69) is 31.0 Å². The van der Waals surface area contributed by atoms with Crippen LogP contribution in [-0.2, 0) is 42.3 Å². The topological polar surface area (TPSA) is 73.5 Å². The summed E-state index contributed by atoms with van der Waals surface area (Å²) in [7, 11) is 2.83. The van der Waals surface area contributed by atoms with Gasteiger partial charge in [0.25, 0.3) is 0 Å². The van der Waals surface area contributed by atoms with Crippen LogP contribution in [0.25, 0.3) is 0 Å². The third-order valence-corrected chi connectivity index (χ3v) is 3.32. The Bertz CT molecular complexity index is 799. The van der Waals surface area contributed by atoms with Gasteiger partial charge in [-0.15, -0.1) is 5.10 Å². The second kappa shape index (κ2) is 11.1. The zero-order chi connectivity index (χ0) is 20.0. The minimum absolute atomic E-state index is 0. The standard InChI is InChI=1S/C13H13F5N6S2.Cu/c1-4(21-23-12(25)19-2)11(22-24-13(26)20-3)5-6(14)8(16)10(18)9(17)7(5)15;/h1-3H3,(H2,19,23,25)(H2,20,24,26);/q;+2/p-2/b21-4+,22-11-;. The number of rotatable bonds is 4. The van der Waals surface area contributed by atoms with E-state index in [1.165, 1.54) is 14.1 Å². The Labute approximate surface area is 172 Å². The van der Waals surface area contributed by atoms with Gasteiger partial charge in [0.1, 0.15) is 5.71 Å². The Morgan fingerprint density at radius 1 is 0.704 bits per heavy atom. The van der Waals surface area contributed by atoms with Crippen molar-refractivity contribution in [3.8, 4) is 0 Å². The summed E-state index contributed by atoms with van der Waals surface area (Å²) in [6.07, 6.45) is 0. The molecule has 0 bridgehead atoms. The van der Waals surface area contributed by atoms with Crippen molar-refractivity contribution in [1.82, 2.24) is 10.6 Å². The van der Waals surface area contributed by atoms with E-state index in [4.69, 9.17) is 25.3 Å². The number of halogens is 5. The van der Waals surface area contributed by atoms with Gasteiger partial charge in [0.05, 0.1) is 11.3 Å². The van der Waals surface area contributed by atoms with Gasteiger partial charge in [-0.1, -0.05) is 0 Å². The van der Waals surface area contributed by atoms with Crippen LogP contribution < -0.4 is 10.6 Å². The molecule has 27 heavy (non-hydrogen) atoms. The monoisotopic (exact) mass is 473 g/mol. The average molecular weight is 474 g/mol. The van der Waals surface area contributed by atoms with Crippen molar-refractivity contribution in [3.63, 3.8) is 0 Å². The van der Waals surface area contributed by atoms with Crippen LogP contribution in [-0.4, -0.2) is 35.9 Å². The predicted molar refractivity (Wildman–Crippen MR) is 93.6 cm³/mol. The van der Waals surface area contributed by atoms with Crippen molar-refractivity contribution in [2.75, 3.05) is 14.1 Å². The fourth-order valence-corrected chi connectivity index (χ4v) is 1.56. The van der Waals surface area contributed by atoms with Gasteiger partial charge in [-0.05, 0) is 17.3 Å². The number of nitrogens with zero attached hydrogens (tertiary/aromatic N) is 4. The fraction of sp³-hybridized carbons (Fsp3) is 0.231. The minimum Gasteiger partial charge on any atom is -0.741 e. The minimum atomic E-state index is -2.30. The molecule has 0 spiro atoms. The maximum absolute atomic E-state index is 14.1. The molecular formula is C13H11CuF5N6S2. The van der Waals surface area contributed by atoms with Crippen LogP contribution in [0, 0.1) is 29.1 Å². The molecule has 6 nitrogen and oxygen atoms in total. The first-order valence-electron chi connectivity index (χ1n) is 6.65. The van der Waals surface area contributed by atoms with Crippen LogP contribution in [0.3, 0.4) is 0 Å². The second-order valence-electron chi connectivity index (χ2n) is 4.39. The molecule has 1 rings (SSSR count). The molecular weight excluding hydrogens is 463 g/mol. The molecule has 0 fully saturated rings. The van der Waals surface area contributed by atoms with E-state index in [-0.39, 0.29) is 33.1 Å². The summed E-state index contributed by atoms with van der Waals surface area (Å²) in [6, 6.07) is 0. The Kier molecular flexibility index (Phi) is 10.3. The first-order chi connectivity index (χ1) is 12.1. The van der Waals surface area contributed by atoms with Crippen LogP contribution in [0.15, 0.2) is 20.4 Å². The molecule has 1 radical (unpaired) electrons. The molecule has 151 valence electrons. The molecule has 14 heteroatoms. The summed E-state index contributed by atoms with van der Waals surface area (Å²) in [4.78, 5) is 0. The van der Waals surface area contributed by atoms with Gasteiger partial charge in [0.2, 0.25) is 5.82 Å². The third kappa shape index (κ3) is 6.06. The average Bonchev–Trinajstić information content (AvgIpc) is 2.64. The molecule has 0 aliphatic heterocycles. The predicted octanol–water partition coefficient (Wildman–Crippen LogP) is 1.70. The van der Waals surface area contributed by atoms with Crippen LogP contribution in [0.2, 0.25) is 0 Å². The first-order valence-corrected chi connectivity index (χ1v) is 7.46. The number of benzene rings is 1. The van der Waals surface area contributed by atoms with E-state index in [0.29, 0.717) is 0 Å². The van der Waals surface area contributed by atoms with Crippen molar-refractivity contribution in [3.05, 3.63) is 34.6 Å². The van der Waals surface area contributed by atoms with E-state index in [1.54, 1.807) is 0 Å². The van der Waals surface area contributed by atoms with Crippen LogP contribution in [0.5, 0.6) is 0 Å². The normalized spacial score (nSPS) is 13.3. The zero-order valence-electron chi connectivity index (χ0n) is 13.8. The van der Waals surface area contributed by atoms with Crippen molar-refractivity contribution in [2.45, 2.75) is 6.92 Å². The second-order valence-corrected chi connectivity index (χ2v) is 5.16. The van der Waals surface area contributed by atoms with Gasteiger partial charge in [-0.3, -0.25) is 0 Å². The fourth-order valence-electron chi connectivity index (χ4n) is 1.48. The molecule has 0 heterocycles. The maximum Gasteiger partial charge on any atom is 2.00 e. The molecule has 0 saturated carbocycles. The van der Waals surface area contributed by atoms with Gasteiger partial charge in [-0.2, -0.15) is 15.3 Å². The van der Waals surface area contributed by atoms with Crippen molar-refractivity contribution in [2.24, 2.45) is 20.4 Å². The number of hydrogen-bond donors (Lipinski definition) is 2. The zero-order valence-corrected chi connectivity index (χ0v) is 16.4. The molecule has 0 aliphatic carbocycles. The quantitative estimate of drug-likeness (QED) is 0.102. The van der Waals surface area contributed by atoms with E-state index >= 15 is 0 Å². The Morgan fingerprint density at radius 3 is 1.48 bits per heavy atom. The van der Waals surface area contributed by atoms with Crippen LogP contribution in [0.4, 0.5) is 22.0 Å². The molecule has 0 amide bonds. The Balaban J connectivity index is 0.00000676. The molecule has 0 aromatic heterocycles. The van der Waals surface area contributed by atoms with Gasteiger partial charge >= 0.3 is 17.1 Å². The van der Waals surface area contributed by atoms with Gasteiger partial charge in [0, 0.05) is 14.1 Å². The van der Waals surface area contributed by atoms with E-state index in [1.807, 2.05) is 0 Å². The van der Waals surface area contributed by atoms with Crippen molar-refractivity contribution < 1.29 is 39.0 Å². The van der Waals surface area contributed by atoms with Gasteiger partial charge in [-0.25, -0.2) is 22.0 Å². The molecule has 0 unspecified atom stereocenters. The van der Waals surface area contributed by atoms with Crippen molar-refractivity contribution in [1.29, 1.82) is 0 Å². The molecule has 0 aliphatic rings. The summed E-state index contributed by atoms with van der Waals surface area (Å²) in [5.41, 5.74) is -2.41. The number of amidine groups is 2. The summed E-state index contributed by atoms with van der Waals surface area (Å²) in [5, 5.41) is 18.5. The Hall–Kier alpha value is -1.89. The molecule has 1 aromatic rings. The maximum atomic E-state index is 14.1. The summed E-state index contributed by atoms with van der Waals surface area (Å²) in [6.45, 7) is 1.16. The summed E-state index contributed by atoms with van der Waals surface area (Å²) < 4.78 is 68.3. The number of nitrogens with one attached hydrogen (secondary N) is 2. The van der Waals surface area contributed by atoms with E-state index in [0.717, 1.165) is 6.92 Å². The van der Waals surface area contributed by atoms with Gasteiger partial charge in [0.15, 0.2) is 23.3 Å². The molecule has 0 saturated heterocycles. The van der Waals surface area contributed by atoms with Crippen LogP contribution >= 0.6 is 0 Å². The summed E-state index contributed by atoms with van der Waals surface area (Å²) >= 11 is 9.41. The van der Waals surface area contributed by atoms with E-state index in [9.17, 15) is 22.0 Å². The summed E-state index contributed by atoms with van der Waals surface area (Å²) in [5.74, 6) is -10.8. The Morgan fingerprint density at radius 2 is 1.07 bits per heavy atom. The third-order valence-electron chi connectivity index (χ3n) is 2.75. The molecule has 0 atom stereocenters. The smallest absolute Gasteiger partial charge is 0.741 e. The molecule has 2 N–H and O–H groups in total. The number of hydrogen-bond acceptors (Lipinski definition) is 6. The van der Waals surface area contributed by atoms with Gasteiger partial charge < -0.3 is 35.9 Å². The first kappa shape index (κ1) is 25.1. The molecule has 1 aromatic carbocycles. The van der Waals surface area contributed by atoms with Crippen molar-refractivity contribution >= 4 is 47.0 Å². The SMILES string of the molecule is CN/C([S-])=N/N=C(C)/C(=N/N=C(\[S-])NC)c1c(F)c(F)c(F)c(F)c1F.[Cu+2]. The van der Waals surface area contributed by atoms with E-state index < -0.39 is 40.4 Å².